The van der Waals surface area contributed by atoms with Crippen LogP contribution in [-0.2, 0) is 4.74 Å². The van der Waals surface area contributed by atoms with Crippen LogP contribution in [0.4, 0.5) is 10.5 Å². The van der Waals surface area contributed by atoms with Crippen LogP contribution >= 0.6 is 0 Å². The van der Waals surface area contributed by atoms with Gasteiger partial charge in [-0.15, -0.1) is 0 Å². The van der Waals surface area contributed by atoms with Crippen LogP contribution in [0.25, 0.3) is 0 Å². The van der Waals surface area contributed by atoms with Crippen molar-refractivity contribution in [3.05, 3.63) is 24.3 Å². The quantitative estimate of drug-likeness (QED) is 0.683. The first-order chi connectivity index (χ1) is 11.3. The van der Waals surface area contributed by atoms with E-state index >= 15 is 0 Å². The highest BCUT2D eigenvalue weighted by molar-refractivity contribution is 5.91. The SMILES string of the molecule is COCCOc1ccc(N(C)C(=O)N(C)C[C@@H](O)CN(C)C)cc1. The molecular weight excluding hydrogens is 310 g/mol. The predicted molar refractivity (Wildman–Crippen MR) is 94.8 cm³/mol. The lowest BCUT2D eigenvalue weighted by Gasteiger charge is -2.27. The molecule has 0 saturated carbocycles. The second kappa shape index (κ2) is 10.1. The van der Waals surface area contributed by atoms with Gasteiger partial charge in [-0.25, -0.2) is 4.79 Å². The number of amides is 2. The molecule has 1 atom stereocenters. The smallest absolute Gasteiger partial charge is 0.324 e. The number of ether oxygens (including phenoxy) is 2. The molecule has 0 radical (unpaired) electrons. The van der Waals surface area contributed by atoms with Gasteiger partial charge in [-0.3, -0.25) is 4.90 Å². The average molecular weight is 339 g/mol. The fourth-order valence-corrected chi connectivity index (χ4v) is 2.25. The van der Waals surface area contributed by atoms with E-state index < -0.39 is 6.10 Å². The molecule has 7 nitrogen and oxygen atoms in total. The van der Waals surface area contributed by atoms with Crippen molar-refractivity contribution in [3.8, 4) is 5.75 Å². The summed E-state index contributed by atoms with van der Waals surface area (Å²) in [6.07, 6.45) is -0.584. The van der Waals surface area contributed by atoms with Gasteiger partial charge in [-0.2, -0.15) is 0 Å². The third kappa shape index (κ3) is 6.74. The Morgan fingerprint density at radius 3 is 2.25 bits per heavy atom. The molecule has 2 amide bonds. The highest BCUT2D eigenvalue weighted by Crippen LogP contribution is 2.19. The van der Waals surface area contributed by atoms with E-state index in [1.807, 2.05) is 43.3 Å². The molecule has 7 heteroatoms. The summed E-state index contributed by atoms with van der Waals surface area (Å²) in [4.78, 5) is 17.4. The monoisotopic (exact) mass is 339 g/mol. The van der Waals surface area contributed by atoms with Crippen LogP contribution in [0.15, 0.2) is 24.3 Å². The van der Waals surface area contributed by atoms with Gasteiger partial charge >= 0.3 is 6.03 Å². The number of rotatable bonds is 9. The summed E-state index contributed by atoms with van der Waals surface area (Å²) in [7, 11) is 8.78. The largest absolute Gasteiger partial charge is 0.491 e. The van der Waals surface area contributed by atoms with E-state index in [4.69, 9.17) is 9.47 Å². The first-order valence-corrected chi connectivity index (χ1v) is 7.88. The Labute approximate surface area is 144 Å². The van der Waals surface area contributed by atoms with Crippen molar-refractivity contribution in [3.63, 3.8) is 0 Å². The van der Waals surface area contributed by atoms with Crippen molar-refractivity contribution in [2.75, 3.05) is 66.5 Å². The van der Waals surface area contributed by atoms with Crippen molar-refractivity contribution >= 4 is 11.7 Å². The molecule has 1 aromatic carbocycles. The van der Waals surface area contributed by atoms with Gasteiger partial charge in [0.25, 0.3) is 0 Å². The number of likely N-dealkylation sites (N-methyl/N-ethyl adjacent to an activating group) is 2. The minimum atomic E-state index is -0.584. The number of benzene rings is 1. The van der Waals surface area contributed by atoms with E-state index in [-0.39, 0.29) is 12.6 Å². The number of hydrogen-bond donors (Lipinski definition) is 1. The molecule has 24 heavy (non-hydrogen) atoms. The first kappa shape index (κ1) is 20.2. The van der Waals surface area contributed by atoms with E-state index in [1.165, 1.54) is 4.90 Å². The fraction of sp³-hybridized carbons (Fsp3) is 0.588. The average Bonchev–Trinajstić information content (AvgIpc) is 2.53. The highest BCUT2D eigenvalue weighted by atomic mass is 16.5. The Kier molecular flexibility index (Phi) is 8.53. The topological polar surface area (TPSA) is 65.5 Å². The van der Waals surface area contributed by atoms with Crippen molar-refractivity contribution in [2.45, 2.75) is 6.10 Å². The van der Waals surface area contributed by atoms with Crippen molar-refractivity contribution in [1.29, 1.82) is 0 Å². The third-order valence-electron chi connectivity index (χ3n) is 3.45. The molecule has 0 aromatic heterocycles. The lowest BCUT2D eigenvalue weighted by atomic mass is 10.3. The molecular formula is C17H29N3O4. The Morgan fingerprint density at radius 2 is 1.71 bits per heavy atom. The maximum atomic E-state index is 12.4. The molecule has 136 valence electrons. The normalized spacial score (nSPS) is 12.1. The second-order valence-corrected chi connectivity index (χ2v) is 5.97. The van der Waals surface area contributed by atoms with Gasteiger partial charge < -0.3 is 24.4 Å². The molecule has 0 aliphatic heterocycles. The van der Waals surface area contributed by atoms with Gasteiger partial charge in [-0.05, 0) is 38.4 Å². The maximum Gasteiger partial charge on any atom is 0.324 e. The minimum absolute atomic E-state index is 0.180. The summed E-state index contributed by atoms with van der Waals surface area (Å²) in [5.74, 6) is 0.728. The Morgan fingerprint density at radius 1 is 1.08 bits per heavy atom. The number of methoxy groups -OCH3 is 1. The van der Waals surface area contributed by atoms with Crippen LogP contribution in [-0.4, -0.2) is 88.6 Å². The van der Waals surface area contributed by atoms with Gasteiger partial charge in [0.2, 0.25) is 0 Å². The number of urea groups is 1. The molecule has 0 aliphatic rings. The van der Waals surface area contributed by atoms with E-state index in [0.29, 0.717) is 19.8 Å². The second-order valence-electron chi connectivity index (χ2n) is 5.97. The highest BCUT2D eigenvalue weighted by Gasteiger charge is 2.18. The third-order valence-corrected chi connectivity index (χ3v) is 3.45. The van der Waals surface area contributed by atoms with Crippen LogP contribution in [0.1, 0.15) is 0 Å². The number of aliphatic hydroxyl groups is 1. The zero-order valence-electron chi connectivity index (χ0n) is 15.2. The van der Waals surface area contributed by atoms with Gasteiger partial charge in [0.1, 0.15) is 12.4 Å². The van der Waals surface area contributed by atoms with Crippen LogP contribution in [0, 0.1) is 0 Å². The summed E-state index contributed by atoms with van der Waals surface area (Å²) in [5.41, 5.74) is 0.757. The minimum Gasteiger partial charge on any atom is -0.491 e. The van der Waals surface area contributed by atoms with Crippen LogP contribution < -0.4 is 9.64 Å². The van der Waals surface area contributed by atoms with Crippen molar-refractivity contribution in [1.82, 2.24) is 9.80 Å². The molecule has 0 spiro atoms. The standard InChI is InChI=1S/C17H29N3O4/c1-18(2)12-15(21)13-19(3)17(22)20(4)14-6-8-16(9-7-14)24-11-10-23-5/h6-9,15,21H,10-13H2,1-5H3/t15-/m0/s1. The molecule has 0 bridgehead atoms. The zero-order chi connectivity index (χ0) is 18.1. The van der Waals surface area contributed by atoms with E-state index in [0.717, 1.165) is 11.4 Å². The summed E-state index contributed by atoms with van der Waals surface area (Å²) in [5, 5.41) is 9.95. The fourth-order valence-electron chi connectivity index (χ4n) is 2.25. The number of hydrogen-bond acceptors (Lipinski definition) is 5. The molecule has 1 rings (SSSR count). The summed E-state index contributed by atoms with van der Waals surface area (Å²) in [6, 6.07) is 7.10. The van der Waals surface area contributed by atoms with E-state index in [2.05, 4.69) is 0 Å². The first-order valence-electron chi connectivity index (χ1n) is 7.88. The van der Waals surface area contributed by atoms with Crippen molar-refractivity contribution < 1.29 is 19.4 Å². The van der Waals surface area contributed by atoms with Gasteiger partial charge in [0.15, 0.2) is 0 Å². The molecule has 0 heterocycles. The molecule has 0 saturated heterocycles. The molecule has 1 aromatic rings. The Hall–Kier alpha value is -1.83. The lowest BCUT2D eigenvalue weighted by molar-refractivity contribution is 0.107. The summed E-state index contributed by atoms with van der Waals surface area (Å²) < 4.78 is 10.4. The number of carbonyl (C=O) groups excluding carboxylic acids is 1. The van der Waals surface area contributed by atoms with Crippen molar-refractivity contribution in [2.24, 2.45) is 0 Å². The molecule has 0 unspecified atom stereocenters. The van der Waals surface area contributed by atoms with Crippen LogP contribution in [0.5, 0.6) is 5.75 Å². The Balaban J connectivity index is 2.58. The summed E-state index contributed by atoms with van der Waals surface area (Å²) >= 11 is 0. The predicted octanol–water partition coefficient (Wildman–Crippen LogP) is 1.12. The van der Waals surface area contributed by atoms with E-state index in [1.54, 1.807) is 26.1 Å². The molecule has 0 fully saturated rings. The maximum absolute atomic E-state index is 12.4. The number of anilines is 1. The number of aliphatic hydroxyl groups excluding tert-OH is 1. The zero-order valence-corrected chi connectivity index (χ0v) is 15.2. The van der Waals surface area contributed by atoms with E-state index in [9.17, 15) is 9.90 Å². The number of carbonyl (C=O) groups is 1. The molecule has 1 N–H and O–H groups in total. The molecule has 0 aliphatic carbocycles. The van der Waals surface area contributed by atoms with Crippen LogP contribution in [0.3, 0.4) is 0 Å². The van der Waals surface area contributed by atoms with Gasteiger partial charge in [0, 0.05) is 40.0 Å². The summed E-state index contributed by atoms with van der Waals surface area (Å²) in [6.45, 7) is 1.80. The number of nitrogens with zero attached hydrogens (tertiary/aromatic N) is 3. The lowest BCUT2D eigenvalue weighted by Crippen LogP contribution is -2.44. The van der Waals surface area contributed by atoms with Gasteiger partial charge in [-0.1, -0.05) is 0 Å². The van der Waals surface area contributed by atoms with Gasteiger partial charge in [0.05, 0.1) is 12.7 Å². The van der Waals surface area contributed by atoms with Crippen LogP contribution in [0.2, 0.25) is 0 Å². The Bertz CT molecular complexity index is 493.